The normalized spacial score (nSPS) is 22.0. The third-order valence-electron chi connectivity index (χ3n) is 4.47. The highest BCUT2D eigenvalue weighted by Gasteiger charge is 2.31. The molecule has 1 aromatic carbocycles. The molecule has 0 bridgehead atoms. The Bertz CT molecular complexity index is 637. The molecule has 3 rings (SSSR count). The maximum atomic E-state index is 12.4. The number of carbonyl (C=O) groups excluding carboxylic acids is 3. The van der Waals surface area contributed by atoms with Gasteiger partial charge in [-0.3, -0.25) is 19.8 Å². The zero-order valence-electron chi connectivity index (χ0n) is 13.7. The van der Waals surface area contributed by atoms with Gasteiger partial charge in [0.05, 0.1) is 19.0 Å². The van der Waals surface area contributed by atoms with Crippen molar-refractivity contribution in [3.63, 3.8) is 0 Å². The second-order valence-corrected chi connectivity index (χ2v) is 6.32. The number of benzene rings is 1. The van der Waals surface area contributed by atoms with Gasteiger partial charge in [0, 0.05) is 26.2 Å². The highest BCUT2D eigenvalue weighted by atomic mass is 16.2. The molecular weight excluding hydrogens is 308 g/mol. The van der Waals surface area contributed by atoms with Crippen LogP contribution in [0.1, 0.15) is 17.5 Å². The highest BCUT2D eigenvalue weighted by molar-refractivity contribution is 5.97. The molecule has 0 aromatic heterocycles. The van der Waals surface area contributed by atoms with E-state index in [2.05, 4.69) is 10.6 Å². The van der Waals surface area contributed by atoms with Crippen molar-refractivity contribution in [2.75, 3.05) is 26.2 Å². The fourth-order valence-electron chi connectivity index (χ4n) is 3.20. The molecule has 2 fully saturated rings. The summed E-state index contributed by atoms with van der Waals surface area (Å²) < 4.78 is 0. The summed E-state index contributed by atoms with van der Waals surface area (Å²) >= 11 is 0. The molecule has 0 saturated carbocycles. The van der Waals surface area contributed by atoms with Crippen LogP contribution in [0.25, 0.3) is 0 Å². The molecule has 4 amide bonds. The molecule has 2 heterocycles. The first kappa shape index (κ1) is 16.4. The van der Waals surface area contributed by atoms with Gasteiger partial charge in [-0.05, 0) is 12.5 Å². The fraction of sp³-hybridized carbons (Fsp3) is 0.471. The van der Waals surface area contributed by atoms with Gasteiger partial charge in [0.1, 0.15) is 0 Å². The molecular formula is C17H22N4O3. The van der Waals surface area contributed by atoms with E-state index in [4.69, 9.17) is 0 Å². The van der Waals surface area contributed by atoms with Crippen LogP contribution in [-0.4, -0.2) is 60.0 Å². The van der Waals surface area contributed by atoms with E-state index in [1.165, 1.54) is 0 Å². The maximum Gasteiger partial charge on any atom is 0.322 e. The van der Waals surface area contributed by atoms with Crippen LogP contribution in [0, 0.1) is 6.92 Å². The van der Waals surface area contributed by atoms with Gasteiger partial charge in [-0.15, -0.1) is 0 Å². The summed E-state index contributed by atoms with van der Waals surface area (Å²) in [5.74, 6) is -0.146. The highest BCUT2D eigenvalue weighted by Crippen LogP contribution is 2.12. The van der Waals surface area contributed by atoms with Crippen molar-refractivity contribution in [2.45, 2.75) is 25.9 Å². The summed E-state index contributed by atoms with van der Waals surface area (Å²) in [6.07, 6.45) is 0.382. The Hall–Kier alpha value is -2.41. The monoisotopic (exact) mass is 330 g/mol. The number of hydrogen-bond acceptors (Lipinski definition) is 4. The van der Waals surface area contributed by atoms with Gasteiger partial charge in [-0.25, -0.2) is 4.79 Å². The molecule has 0 aliphatic carbocycles. The van der Waals surface area contributed by atoms with Crippen LogP contribution in [0.4, 0.5) is 4.79 Å². The topological polar surface area (TPSA) is 81.8 Å². The molecule has 1 atom stereocenters. The molecule has 7 heteroatoms. The molecule has 0 spiro atoms. The second-order valence-electron chi connectivity index (χ2n) is 6.32. The van der Waals surface area contributed by atoms with Crippen molar-refractivity contribution >= 4 is 17.8 Å². The second kappa shape index (κ2) is 7.00. The van der Waals surface area contributed by atoms with Gasteiger partial charge in [0.15, 0.2) is 0 Å². The molecule has 2 aliphatic heterocycles. The number of piperazine rings is 1. The lowest BCUT2D eigenvalue weighted by atomic mass is 10.1. The zero-order chi connectivity index (χ0) is 17.1. The molecule has 0 radical (unpaired) electrons. The fourth-order valence-corrected chi connectivity index (χ4v) is 3.20. The number of nitrogens with one attached hydrogen (secondary N) is 2. The number of urea groups is 1. The molecule has 24 heavy (non-hydrogen) atoms. The zero-order valence-corrected chi connectivity index (χ0v) is 13.7. The lowest BCUT2D eigenvalue weighted by molar-refractivity contribution is -0.133. The van der Waals surface area contributed by atoms with Gasteiger partial charge in [0.2, 0.25) is 11.8 Å². The van der Waals surface area contributed by atoms with Gasteiger partial charge < -0.3 is 10.2 Å². The number of nitrogens with zero attached hydrogens (tertiary/aromatic N) is 2. The first-order valence-electron chi connectivity index (χ1n) is 8.19. The predicted octanol–water partition coefficient (Wildman–Crippen LogP) is 0.237. The van der Waals surface area contributed by atoms with E-state index in [9.17, 15) is 14.4 Å². The largest absolute Gasteiger partial charge is 0.340 e. The Morgan fingerprint density at radius 2 is 1.96 bits per heavy atom. The quantitative estimate of drug-likeness (QED) is 0.832. The molecule has 1 aromatic rings. The molecule has 2 N–H and O–H groups in total. The summed E-state index contributed by atoms with van der Waals surface area (Å²) in [6.45, 7) is 4.54. The van der Waals surface area contributed by atoms with Crippen molar-refractivity contribution in [1.82, 2.24) is 20.4 Å². The van der Waals surface area contributed by atoms with E-state index in [1.807, 2.05) is 41.0 Å². The standard InChI is InChI=1S/C17H22N4O3/c1-12-3-2-4-13(9-12)10-16(23)21-7-5-20(6-8-21)14-11-15(22)19-17(24)18-14/h2-4,9,14H,5-8,10-11H2,1H3,(H2,18,19,22,24). The van der Waals surface area contributed by atoms with Crippen LogP contribution in [0.3, 0.4) is 0 Å². The van der Waals surface area contributed by atoms with E-state index in [1.54, 1.807) is 0 Å². The van der Waals surface area contributed by atoms with Crippen LogP contribution in [0.5, 0.6) is 0 Å². The van der Waals surface area contributed by atoms with Gasteiger partial charge >= 0.3 is 6.03 Å². The van der Waals surface area contributed by atoms with Gasteiger partial charge in [-0.1, -0.05) is 29.8 Å². The molecule has 2 aliphatic rings. The summed E-state index contributed by atoms with van der Waals surface area (Å²) in [5, 5.41) is 4.99. The minimum atomic E-state index is -0.450. The number of carbonyl (C=O) groups is 3. The van der Waals surface area contributed by atoms with E-state index < -0.39 is 6.03 Å². The molecule has 1 unspecified atom stereocenters. The predicted molar refractivity (Wildman–Crippen MR) is 88.1 cm³/mol. The summed E-state index contributed by atoms with van der Waals surface area (Å²) in [7, 11) is 0. The van der Waals surface area contributed by atoms with E-state index in [0.29, 0.717) is 32.6 Å². The van der Waals surface area contributed by atoms with E-state index >= 15 is 0 Å². The Balaban J connectivity index is 1.52. The van der Waals surface area contributed by atoms with E-state index in [-0.39, 0.29) is 24.4 Å². The Morgan fingerprint density at radius 1 is 1.21 bits per heavy atom. The number of aryl methyl sites for hydroxylation is 1. The number of hydrogen-bond donors (Lipinski definition) is 2. The number of rotatable bonds is 3. The summed E-state index contributed by atoms with van der Waals surface area (Å²) in [6, 6.07) is 7.53. The summed E-state index contributed by atoms with van der Waals surface area (Å²) in [5.41, 5.74) is 2.18. The van der Waals surface area contributed by atoms with Crippen molar-refractivity contribution < 1.29 is 14.4 Å². The maximum absolute atomic E-state index is 12.4. The van der Waals surface area contributed by atoms with Gasteiger partial charge in [-0.2, -0.15) is 0 Å². The molecule has 7 nitrogen and oxygen atoms in total. The van der Waals surface area contributed by atoms with Crippen molar-refractivity contribution in [3.05, 3.63) is 35.4 Å². The van der Waals surface area contributed by atoms with Crippen LogP contribution in [0.15, 0.2) is 24.3 Å². The third kappa shape index (κ3) is 3.91. The Morgan fingerprint density at radius 3 is 2.62 bits per heavy atom. The smallest absolute Gasteiger partial charge is 0.322 e. The third-order valence-corrected chi connectivity index (χ3v) is 4.47. The lowest BCUT2D eigenvalue weighted by Crippen LogP contribution is -2.62. The average molecular weight is 330 g/mol. The van der Waals surface area contributed by atoms with Crippen molar-refractivity contribution in [1.29, 1.82) is 0 Å². The van der Waals surface area contributed by atoms with E-state index in [0.717, 1.165) is 11.1 Å². The first-order chi connectivity index (χ1) is 11.5. The van der Waals surface area contributed by atoms with Crippen LogP contribution >= 0.6 is 0 Å². The minimum absolute atomic E-state index is 0.116. The SMILES string of the molecule is Cc1cccc(CC(=O)N2CCN(C3CC(=O)NC(=O)N3)CC2)c1. The Kier molecular flexibility index (Phi) is 4.80. The molecule has 128 valence electrons. The van der Waals surface area contributed by atoms with Crippen molar-refractivity contribution in [3.8, 4) is 0 Å². The molecule has 2 saturated heterocycles. The minimum Gasteiger partial charge on any atom is -0.340 e. The number of amides is 4. The lowest BCUT2D eigenvalue weighted by Gasteiger charge is -2.40. The van der Waals surface area contributed by atoms with Crippen LogP contribution in [-0.2, 0) is 16.0 Å². The van der Waals surface area contributed by atoms with Gasteiger partial charge in [0.25, 0.3) is 0 Å². The average Bonchev–Trinajstić information content (AvgIpc) is 2.54. The first-order valence-corrected chi connectivity index (χ1v) is 8.19. The number of imide groups is 1. The van der Waals surface area contributed by atoms with Crippen molar-refractivity contribution in [2.24, 2.45) is 0 Å². The van der Waals surface area contributed by atoms with Crippen LogP contribution < -0.4 is 10.6 Å². The summed E-state index contributed by atoms with van der Waals surface area (Å²) in [4.78, 5) is 39.2. The van der Waals surface area contributed by atoms with Crippen LogP contribution in [0.2, 0.25) is 0 Å². The Labute approximate surface area is 141 Å².